The van der Waals surface area contributed by atoms with Crippen LogP contribution in [0.25, 0.3) is 5.52 Å². The van der Waals surface area contributed by atoms with Gasteiger partial charge in [-0.15, -0.1) is 5.10 Å². The molecule has 0 spiro atoms. The smallest absolute Gasteiger partial charge is 0.260 e. The highest BCUT2D eigenvalue weighted by Crippen LogP contribution is 2.32. The molecule has 2 aromatic rings. The summed E-state index contributed by atoms with van der Waals surface area (Å²) in [6, 6.07) is 5.66. The molecule has 0 saturated carbocycles. The molecule has 2 aromatic heterocycles. The molecule has 0 atom stereocenters. The van der Waals surface area contributed by atoms with Crippen LogP contribution in [0, 0.1) is 0 Å². The Kier molecular flexibility index (Phi) is 5.48. The topological polar surface area (TPSA) is 88.2 Å². The number of nitrogens with zero attached hydrogens (tertiary/aromatic N) is 3. The molecule has 0 radical (unpaired) electrons. The van der Waals surface area contributed by atoms with Crippen LogP contribution in [0.5, 0.6) is 5.88 Å². The summed E-state index contributed by atoms with van der Waals surface area (Å²) in [5.74, 6) is 0.315. The number of aromatic nitrogens is 2. The van der Waals surface area contributed by atoms with Gasteiger partial charge in [-0.05, 0) is 37.1 Å². The number of allylic oxidation sites excluding steroid dienone is 3. The van der Waals surface area contributed by atoms with Gasteiger partial charge in [0.1, 0.15) is 6.61 Å². The van der Waals surface area contributed by atoms with E-state index in [1.165, 1.54) is 0 Å². The molecule has 26 heavy (non-hydrogen) atoms. The third-order valence-electron chi connectivity index (χ3n) is 3.90. The monoisotopic (exact) mass is 354 g/mol. The lowest BCUT2D eigenvalue weighted by Crippen LogP contribution is -2.24. The molecule has 1 aliphatic rings. The maximum atomic E-state index is 12.0. The summed E-state index contributed by atoms with van der Waals surface area (Å²) in [4.78, 5) is 16.8. The summed E-state index contributed by atoms with van der Waals surface area (Å²) in [5, 5.41) is 16.7. The summed E-state index contributed by atoms with van der Waals surface area (Å²) in [7, 11) is 0. The van der Waals surface area contributed by atoms with E-state index in [2.05, 4.69) is 17.3 Å². The zero-order valence-corrected chi connectivity index (χ0v) is 14.9. The van der Waals surface area contributed by atoms with Gasteiger partial charge in [-0.25, -0.2) is 9.51 Å². The van der Waals surface area contributed by atoms with E-state index < -0.39 is 0 Å². The van der Waals surface area contributed by atoms with Crippen molar-refractivity contribution in [2.75, 3.05) is 19.8 Å². The summed E-state index contributed by atoms with van der Waals surface area (Å²) in [5.41, 5.74) is 3.32. The van der Waals surface area contributed by atoms with Crippen molar-refractivity contribution in [3.8, 4) is 5.88 Å². The quantitative estimate of drug-likeness (QED) is 0.744. The van der Waals surface area contributed by atoms with Gasteiger partial charge < -0.3 is 15.2 Å². The second-order valence-electron chi connectivity index (χ2n) is 5.93. The van der Waals surface area contributed by atoms with E-state index in [0.717, 1.165) is 18.5 Å². The number of aliphatic hydroxyl groups is 1. The van der Waals surface area contributed by atoms with Gasteiger partial charge in [0.15, 0.2) is 11.5 Å². The number of carbonyl (C=O) groups is 1. The molecule has 0 bridgehead atoms. The van der Waals surface area contributed by atoms with E-state index in [1.54, 1.807) is 23.6 Å². The van der Waals surface area contributed by atoms with Crippen molar-refractivity contribution in [1.29, 1.82) is 0 Å². The molecule has 3 rings (SSSR count). The van der Waals surface area contributed by atoms with Gasteiger partial charge in [-0.2, -0.15) is 0 Å². The molecule has 7 heteroatoms. The van der Waals surface area contributed by atoms with E-state index in [0.29, 0.717) is 28.5 Å². The fraction of sp³-hybridized carbons (Fsp3) is 0.316. The number of aliphatic imine (C=N–C) groups is 1. The van der Waals surface area contributed by atoms with Crippen LogP contribution < -0.4 is 10.1 Å². The van der Waals surface area contributed by atoms with Gasteiger partial charge in [0, 0.05) is 18.8 Å². The lowest BCUT2D eigenvalue weighted by atomic mass is 10.0. The van der Waals surface area contributed by atoms with E-state index in [1.807, 2.05) is 24.4 Å². The number of ether oxygens (including phenoxy) is 1. The molecule has 0 unspecified atom stereocenters. The summed E-state index contributed by atoms with van der Waals surface area (Å²) < 4.78 is 7.24. The van der Waals surface area contributed by atoms with Crippen LogP contribution in [0.1, 0.15) is 20.3 Å². The molecule has 0 fully saturated rings. The third-order valence-corrected chi connectivity index (χ3v) is 3.90. The lowest BCUT2D eigenvalue weighted by molar-refractivity contribution is -0.111. The maximum absolute atomic E-state index is 12.0. The number of rotatable bonds is 7. The van der Waals surface area contributed by atoms with Crippen LogP contribution >= 0.6 is 0 Å². The Balaban J connectivity index is 2.09. The van der Waals surface area contributed by atoms with Crippen LogP contribution in [0.2, 0.25) is 0 Å². The Bertz CT molecular complexity index is 909. The van der Waals surface area contributed by atoms with E-state index in [-0.39, 0.29) is 19.0 Å². The Morgan fingerprint density at radius 3 is 2.96 bits per heavy atom. The first-order chi connectivity index (χ1) is 12.6. The minimum atomic E-state index is -0.111. The van der Waals surface area contributed by atoms with Crippen LogP contribution in [0.3, 0.4) is 0 Å². The Morgan fingerprint density at radius 1 is 1.35 bits per heavy atom. The highest BCUT2D eigenvalue weighted by molar-refractivity contribution is 6.22. The fourth-order valence-corrected chi connectivity index (χ4v) is 2.60. The number of ketones is 1. The van der Waals surface area contributed by atoms with Gasteiger partial charge in [0.05, 0.1) is 23.5 Å². The number of fused-ring (bicyclic) bond motifs is 1. The zero-order chi connectivity index (χ0) is 18.5. The predicted octanol–water partition coefficient (Wildman–Crippen LogP) is 2.19. The summed E-state index contributed by atoms with van der Waals surface area (Å²) in [6.45, 7) is 4.59. The van der Waals surface area contributed by atoms with Crippen molar-refractivity contribution in [1.82, 2.24) is 14.9 Å². The van der Waals surface area contributed by atoms with Crippen molar-refractivity contribution < 1.29 is 14.6 Å². The molecule has 0 aromatic carbocycles. The van der Waals surface area contributed by atoms with Gasteiger partial charge in [-0.1, -0.05) is 13.0 Å². The standard InChI is InChI=1S/C19H22N4O3/c1-3-7-20-14-12-17(25)13(2)11-15(14)21-18-16-6-4-5-8-23(16)22-19(18)26-10-9-24/h4-6,8,11-12,20,24H,3,7,9-10H2,1-2H3/b21-15+. The highest BCUT2D eigenvalue weighted by atomic mass is 16.5. The molecule has 2 heterocycles. The van der Waals surface area contributed by atoms with Crippen molar-refractivity contribution >= 4 is 22.7 Å². The molecular weight excluding hydrogens is 332 g/mol. The first-order valence-electron chi connectivity index (χ1n) is 8.62. The van der Waals surface area contributed by atoms with Gasteiger partial charge in [-0.3, -0.25) is 4.79 Å². The van der Waals surface area contributed by atoms with Crippen LogP contribution in [0.15, 0.2) is 52.8 Å². The second kappa shape index (κ2) is 7.97. The fourth-order valence-electron chi connectivity index (χ4n) is 2.60. The van der Waals surface area contributed by atoms with E-state index >= 15 is 0 Å². The maximum Gasteiger partial charge on any atom is 0.260 e. The molecule has 0 aliphatic heterocycles. The molecular formula is C19H22N4O3. The minimum Gasteiger partial charge on any atom is -0.473 e. The van der Waals surface area contributed by atoms with E-state index in [9.17, 15) is 4.79 Å². The van der Waals surface area contributed by atoms with Gasteiger partial charge in [0.2, 0.25) is 0 Å². The van der Waals surface area contributed by atoms with Crippen LogP contribution in [-0.2, 0) is 4.79 Å². The molecule has 136 valence electrons. The number of aliphatic hydroxyl groups excluding tert-OH is 1. The number of hydrogen-bond donors (Lipinski definition) is 2. The molecule has 2 N–H and O–H groups in total. The normalized spacial score (nSPS) is 16.0. The average Bonchev–Trinajstić information content (AvgIpc) is 2.99. The zero-order valence-electron chi connectivity index (χ0n) is 14.9. The Labute approximate surface area is 151 Å². The van der Waals surface area contributed by atoms with Crippen molar-refractivity contribution in [2.45, 2.75) is 20.3 Å². The molecule has 7 nitrogen and oxygen atoms in total. The number of hydrogen-bond acceptors (Lipinski definition) is 6. The third kappa shape index (κ3) is 3.67. The molecule has 0 saturated heterocycles. The number of nitrogens with one attached hydrogen (secondary N) is 1. The highest BCUT2D eigenvalue weighted by Gasteiger charge is 2.19. The molecule has 0 amide bonds. The average molecular weight is 354 g/mol. The summed E-state index contributed by atoms with van der Waals surface area (Å²) >= 11 is 0. The lowest BCUT2D eigenvalue weighted by Gasteiger charge is -2.15. The number of carbonyl (C=O) groups excluding carboxylic acids is 1. The SMILES string of the molecule is CCCNC1=CC(=O)C(C)=C/C1=N\c1c(OCCO)nn2ccccc12. The van der Waals surface area contributed by atoms with E-state index in [4.69, 9.17) is 14.8 Å². The van der Waals surface area contributed by atoms with Crippen LogP contribution in [-0.4, -0.2) is 46.0 Å². The van der Waals surface area contributed by atoms with Gasteiger partial charge in [0.25, 0.3) is 5.88 Å². The second-order valence-corrected chi connectivity index (χ2v) is 5.93. The number of pyridine rings is 1. The first-order valence-corrected chi connectivity index (χ1v) is 8.62. The molecule has 1 aliphatic carbocycles. The Morgan fingerprint density at radius 2 is 2.19 bits per heavy atom. The Hall–Kier alpha value is -2.93. The van der Waals surface area contributed by atoms with Crippen LogP contribution in [0.4, 0.5) is 5.69 Å². The van der Waals surface area contributed by atoms with Crippen molar-refractivity contribution in [3.05, 3.63) is 47.8 Å². The predicted molar refractivity (Wildman–Crippen MR) is 100 cm³/mol. The van der Waals surface area contributed by atoms with Crippen molar-refractivity contribution in [3.63, 3.8) is 0 Å². The largest absolute Gasteiger partial charge is 0.473 e. The minimum absolute atomic E-state index is 0.0285. The first kappa shape index (κ1) is 17.9. The van der Waals surface area contributed by atoms with Crippen molar-refractivity contribution in [2.24, 2.45) is 4.99 Å². The summed E-state index contributed by atoms with van der Waals surface area (Å²) in [6.07, 6.45) is 6.08. The van der Waals surface area contributed by atoms with Gasteiger partial charge >= 0.3 is 0 Å².